The molecule has 0 saturated carbocycles. The molecule has 19 heavy (non-hydrogen) atoms. The average Bonchev–Trinajstić information content (AvgIpc) is 2.70. The van der Waals surface area contributed by atoms with Crippen molar-refractivity contribution in [3.8, 4) is 5.75 Å². The summed E-state index contributed by atoms with van der Waals surface area (Å²) in [4.78, 5) is 4.46. The van der Waals surface area contributed by atoms with Crippen molar-refractivity contribution in [1.82, 2.24) is 5.43 Å². The summed E-state index contributed by atoms with van der Waals surface area (Å²) in [5, 5.41) is 4.24. The van der Waals surface area contributed by atoms with E-state index in [4.69, 9.17) is 4.74 Å². The Balaban J connectivity index is 1.85. The fraction of sp³-hybridized carbons (Fsp3) is 0.467. The van der Waals surface area contributed by atoms with Gasteiger partial charge in [0.1, 0.15) is 11.6 Å². The van der Waals surface area contributed by atoms with Gasteiger partial charge < -0.3 is 4.74 Å². The third-order valence-corrected chi connectivity index (χ3v) is 2.97. The minimum Gasteiger partial charge on any atom is -0.494 e. The molecule has 0 aromatic heterocycles. The summed E-state index contributed by atoms with van der Waals surface area (Å²) in [7, 11) is 0. The lowest BCUT2D eigenvalue weighted by molar-refractivity contribution is 0.340. The second-order valence-electron chi connectivity index (χ2n) is 4.51. The zero-order chi connectivity index (χ0) is 13.3. The molecule has 1 aromatic carbocycles. The minimum absolute atomic E-state index is 0.689. The Morgan fingerprint density at radius 2 is 2.11 bits per heavy atom. The molecule has 102 valence electrons. The van der Waals surface area contributed by atoms with Crippen LogP contribution in [-0.2, 0) is 0 Å². The van der Waals surface area contributed by atoms with Crippen molar-refractivity contribution < 1.29 is 4.74 Å². The van der Waals surface area contributed by atoms with Crippen molar-refractivity contribution >= 4 is 12.1 Å². The zero-order valence-electron chi connectivity index (χ0n) is 11.4. The fourth-order valence-corrected chi connectivity index (χ4v) is 1.96. The smallest absolute Gasteiger partial charge is 0.119 e. The Hall–Kier alpha value is -1.84. The number of hydrogen-bond donors (Lipinski definition) is 1. The van der Waals surface area contributed by atoms with E-state index in [0.29, 0.717) is 6.61 Å². The summed E-state index contributed by atoms with van der Waals surface area (Å²) in [6.07, 6.45) is 6.46. The van der Waals surface area contributed by atoms with Crippen molar-refractivity contribution in [2.75, 3.05) is 13.2 Å². The molecular weight excluding hydrogens is 238 g/mol. The van der Waals surface area contributed by atoms with Gasteiger partial charge in [0, 0.05) is 13.0 Å². The monoisotopic (exact) mass is 259 g/mol. The quantitative estimate of drug-likeness (QED) is 0.667. The summed E-state index contributed by atoms with van der Waals surface area (Å²) >= 11 is 0. The van der Waals surface area contributed by atoms with Crippen LogP contribution in [-0.4, -0.2) is 25.2 Å². The maximum Gasteiger partial charge on any atom is 0.119 e. The maximum atomic E-state index is 5.40. The van der Waals surface area contributed by atoms with Crippen LogP contribution in [0.2, 0.25) is 0 Å². The summed E-state index contributed by atoms with van der Waals surface area (Å²) in [6, 6.07) is 7.89. The summed E-state index contributed by atoms with van der Waals surface area (Å²) in [5.74, 6) is 1.89. The first kappa shape index (κ1) is 13.6. The van der Waals surface area contributed by atoms with Gasteiger partial charge >= 0.3 is 0 Å². The van der Waals surface area contributed by atoms with E-state index >= 15 is 0 Å². The molecule has 0 spiro atoms. The second kappa shape index (κ2) is 7.56. The van der Waals surface area contributed by atoms with Crippen molar-refractivity contribution in [2.24, 2.45) is 10.1 Å². The molecule has 0 saturated heterocycles. The zero-order valence-corrected chi connectivity index (χ0v) is 11.4. The minimum atomic E-state index is 0.689. The number of ether oxygens (including phenoxy) is 1. The molecule has 0 amide bonds. The van der Waals surface area contributed by atoms with Gasteiger partial charge in [-0.05, 0) is 49.6 Å². The number of amidine groups is 1. The van der Waals surface area contributed by atoms with Gasteiger partial charge in [0.15, 0.2) is 0 Å². The lowest BCUT2D eigenvalue weighted by atomic mass is 10.2. The molecule has 1 aromatic rings. The number of benzene rings is 1. The van der Waals surface area contributed by atoms with Crippen molar-refractivity contribution in [1.29, 1.82) is 0 Å². The standard InChI is InChI=1S/C15H21N3O/c1-2-19-14-9-7-13(8-10-14)12-17-18-15-6-4-3-5-11-16-15/h7-10,12H,2-6,11H2,1H3,(H,16,18)/b17-12+. The van der Waals surface area contributed by atoms with Crippen LogP contribution in [0, 0.1) is 0 Å². The highest BCUT2D eigenvalue weighted by Crippen LogP contribution is 2.10. The number of nitrogens with zero attached hydrogens (tertiary/aromatic N) is 2. The van der Waals surface area contributed by atoms with Crippen LogP contribution in [0.5, 0.6) is 5.75 Å². The van der Waals surface area contributed by atoms with Crippen molar-refractivity contribution in [3.63, 3.8) is 0 Å². The number of nitrogens with one attached hydrogen (secondary N) is 1. The summed E-state index contributed by atoms with van der Waals surface area (Å²) < 4.78 is 5.40. The van der Waals surface area contributed by atoms with Crippen LogP contribution in [0.3, 0.4) is 0 Å². The van der Waals surface area contributed by atoms with E-state index in [1.807, 2.05) is 37.4 Å². The molecule has 1 aliphatic rings. The lowest BCUT2D eigenvalue weighted by Gasteiger charge is -2.03. The van der Waals surface area contributed by atoms with Crippen LogP contribution in [0.25, 0.3) is 0 Å². The molecule has 0 fully saturated rings. The number of hydrogen-bond acceptors (Lipinski definition) is 4. The van der Waals surface area contributed by atoms with Gasteiger partial charge in [0.05, 0.1) is 12.8 Å². The Morgan fingerprint density at radius 3 is 2.89 bits per heavy atom. The Kier molecular flexibility index (Phi) is 5.41. The van der Waals surface area contributed by atoms with E-state index in [0.717, 1.165) is 30.1 Å². The SMILES string of the molecule is CCOc1ccc(/C=N/NC2=NCCCCC2)cc1. The molecule has 1 heterocycles. The van der Waals surface area contributed by atoms with Crippen LogP contribution in [0.15, 0.2) is 34.4 Å². The first-order valence-electron chi connectivity index (χ1n) is 6.94. The van der Waals surface area contributed by atoms with E-state index in [1.54, 1.807) is 0 Å². The van der Waals surface area contributed by atoms with E-state index in [-0.39, 0.29) is 0 Å². The molecule has 1 N–H and O–H groups in total. The Morgan fingerprint density at radius 1 is 1.26 bits per heavy atom. The summed E-state index contributed by atoms with van der Waals surface area (Å²) in [5.41, 5.74) is 4.08. The van der Waals surface area contributed by atoms with E-state index in [9.17, 15) is 0 Å². The Bertz CT molecular complexity index is 437. The van der Waals surface area contributed by atoms with Gasteiger partial charge in [-0.25, -0.2) is 0 Å². The average molecular weight is 259 g/mol. The van der Waals surface area contributed by atoms with Crippen LogP contribution < -0.4 is 10.2 Å². The van der Waals surface area contributed by atoms with Crippen LogP contribution in [0.4, 0.5) is 0 Å². The first-order valence-corrected chi connectivity index (χ1v) is 6.94. The van der Waals surface area contributed by atoms with Gasteiger partial charge in [-0.3, -0.25) is 10.4 Å². The number of aliphatic imine (C=N–C) groups is 1. The van der Waals surface area contributed by atoms with Crippen molar-refractivity contribution in [3.05, 3.63) is 29.8 Å². The molecule has 0 radical (unpaired) electrons. The van der Waals surface area contributed by atoms with Gasteiger partial charge in [0.2, 0.25) is 0 Å². The predicted octanol–water partition coefficient (Wildman–Crippen LogP) is 2.98. The number of rotatable bonds is 4. The fourth-order valence-electron chi connectivity index (χ4n) is 1.96. The highest BCUT2D eigenvalue weighted by molar-refractivity contribution is 5.85. The van der Waals surface area contributed by atoms with Crippen molar-refractivity contribution in [2.45, 2.75) is 32.6 Å². The normalized spacial score (nSPS) is 15.9. The van der Waals surface area contributed by atoms with E-state index < -0.39 is 0 Å². The molecule has 4 nitrogen and oxygen atoms in total. The van der Waals surface area contributed by atoms with Gasteiger partial charge in [-0.1, -0.05) is 6.42 Å². The van der Waals surface area contributed by atoms with Crippen LogP contribution in [0.1, 0.15) is 38.2 Å². The summed E-state index contributed by atoms with van der Waals surface area (Å²) in [6.45, 7) is 3.59. The van der Waals surface area contributed by atoms with Gasteiger partial charge in [-0.2, -0.15) is 5.10 Å². The second-order valence-corrected chi connectivity index (χ2v) is 4.51. The molecule has 0 unspecified atom stereocenters. The first-order chi connectivity index (χ1) is 9.38. The maximum absolute atomic E-state index is 5.40. The molecule has 0 aliphatic carbocycles. The lowest BCUT2D eigenvalue weighted by Crippen LogP contribution is -2.17. The van der Waals surface area contributed by atoms with Gasteiger partial charge in [0.25, 0.3) is 0 Å². The molecule has 1 aliphatic heterocycles. The highest BCUT2D eigenvalue weighted by Gasteiger charge is 2.01. The largest absolute Gasteiger partial charge is 0.494 e. The molecule has 2 rings (SSSR count). The highest BCUT2D eigenvalue weighted by atomic mass is 16.5. The third kappa shape index (κ3) is 4.73. The van der Waals surface area contributed by atoms with Crippen LogP contribution >= 0.6 is 0 Å². The number of hydrazone groups is 1. The third-order valence-electron chi connectivity index (χ3n) is 2.97. The predicted molar refractivity (Wildman–Crippen MR) is 79.1 cm³/mol. The Labute approximate surface area is 114 Å². The topological polar surface area (TPSA) is 46.0 Å². The molecule has 0 bridgehead atoms. The van der Waals surface area contributed by atoms with E-state index in [1.165, 1.54) is 19.3 Å². The molecular formula is C15H21N3O. The molecule has 4 heteroatoms. The van der Waals surface area contributed by atoms with E-state index in [2.05, 4.69) is 15.5 Å². The molecule has 0 atom stereocenters. The van der Waals surface area contributed by atoms with Gasteiger partial charge in [-0.15, -0.1) is 0 Å².